The van der Waals surface area contributed by atoms with Crippen LogP contribution in [0, 0.1) is 12.8 Å². The average Bonchev–Trinajstić information content (AvgIpc) is 3.09. The summed E-state index contributed by atoms with van der Waals surface area (Å²) in [5.41, 5.74) is 5.61. The van der Waals surface area contributed by atoms with Gasteiger partial charge < -0.3 is 10.3 Å². The maximum Gasteiger partial charge on any atom is 0.259 e. The van der Waals surface area contributed by atoms with Crippen LogP contribution in [0.4, 0.5) is 0 Å². The standard InChI is InChI=1S/C11H20N4O2S/c1-3-15-7-11(13-8(15)2)18(16,17)14-10(6-12)9-4-5-9/h7,9-10,14H,3-6,12H2,1-2H3. The van der Waals surface area contributed by atoms with E-state index in [2.05, 4.69) is 9.71 Å². The molecule has 1 aromatic heterocycles. The fourth-order valence-electron chi connectivity index (χ4n) is 2.02. The monoisotopic (exact) mass is 272 g/mol. The molecule has 18 heavy (non-hydrogen) atoms. The molecule has 1 aliphatic carbocycles. The molecule has 1 atom stereocenters. The second-order valence-corrected chi connectivity index (χ2v) is 6.37. The number of imidazole rings is 1. The summed E-state index contributed by atoms with van der Waals surface area (Å²) in [5, 5.41) is 0.0842. The Kier molecular flexibility index (Phi) is 3.74. The highest BCUT2D eigenvalue weighted by Crippen LogP contribution is 2.32. The van der Waals surface area contributed by atoms with Crippen molar-refractivity contribution in [3.05, 3.63) is 12.0 Å². The molecule has 0 aliphatic heterocycles. The maximum absolute atomic E-state index is 12.2. The van der Waals surface area contributed by atoms with Crippen LogP contribution in [0.1, 0.15) is 25.6 Å². The van der Waals surface area contributed by atoms with Gasteiger partial charge in [-0.05, 0) is 32.6 Å². The van der Waals surface area contributed by atoms with Crippen LogP contribution in [0.15, 0.2) is 11.2 Å². The molecule has 0 bridgehead atoms. The van der Waals surface area contributed by atoms with E-state index in [1.165, 1.54) is 0 Å². The van der Waals surface area contributed by atoms with Crippen molar-refractivity contribution < 1.29 is 8.42 Å². The van der Waals surface area contributed by atoms with E-state index in [0.717, 1.165) is 12.8 Å². The summed E-state index contributed by atoms with van der Waals surface area (Å²) in [6.07, 6.45) is 3.66. The molecular formula is C11H20N4O2S. The largest absolute Gasteiger partial charge is 0.334 e. The smallest absolute Gasteiger partial charge is 0.259 e. The Labute approximate surface area is 108 Å². The van der Waals surface area contributed by atoms with Gasteiger partial charge in [0.25, 0.3) is 10.0 Å². The lowest BCUT2D eigenvalue weighted by Crippen LogP contribution is -2.41. The van der Waals surface area contributed by atoms with E-state index in [4.69, 9.17) is 5.73 Å². The lowest BCUT2D eigenvalue weighted by molar-refractivity contribution is 0.517. The van der Waals surface area contributed by atoms with Crippen molar-refractivity contribution in [1.29, 1.82) is 0 Å². The summed E-state index contributed by atoms with van der Waals surface area (Å²) in [6.45, 7) is 4.78. The molecule has 1 saturated carbocycles. The normalized spacial score (nSPS) is 17.9. The molecule has 0 radical (unpaired) electrons. The molecule has 102 valence electrons. The van der Waals surface area contributed by atoms with Crippen molar-refractivity contribution in [2.45, 2.75) is 44.3 Å². The first-order valence-corrected chi connectivity index (χ1v) is 7.72. The Bertz CT molecular complexity index is 519. The lowest BCUT2D eigenvalue weighted by atomic mass is 10.2. The summed E-state index contributed by atoms with van der Waals surface area (Å²) in [4.78, 5) is 4.09. The minimum atomic E-state index is -3.55. The Morgan fingerprint density at radius 1 is 1.61 bits per heavy atom. The molecule has 7 heteroatoms. The maximum atomic E-state index is 12.2. The molecule has 1 aromatic rings. The first-order chi connectivity index (χ1) is 8.47. The molecule has 1 fully saturated rings. The number of nitrogens with one attached hydrogen (secondary N) is 1. The summed E-state index contributed by atoms with van der Waals surface area (Å²) < 4.78 is 28.8. The minimum absolute atomic E-state index is 0.0842. The van der Waals surface area contributed by atoms with E-state index in [9.17, 15) is 8.42 Å². The third kappa shape index (κ3) is 2.73. The summed E-state index contributed by atoms with van der Waals surface area (Å²) in [6, 6.07) is -0.165. The van der Waals surface area contributed by atoms with Crippen molar-refractivity contribution in [1.82, 2.24) is 14.3 Å². The van der Waals surface area contributed by atoms with Crippen LogP contribution in [-0.2, 0) is 16.6 Å². The van der Waals surface area contributed by atoms with Gasteiger partial charge in [0.15, 0.2) is 5.03 Å². The van der Waals surface area contributed by atoms with Gasteiger partial charge in [-0.15, -0.1) is 0 Å². The molecule has 6 nitrogen and oxygen atoms in total. The Morgan fingerprint density at radius 2 is 2.28 bits per heavy atom. The molecule has 3 N–H and O–H groups in total. The molecule has 1 aliphatic rings. The highest BCUT2D eigenvalue weighted by molar-refractivity contribution is 7.89. The van der Waals surface area contributed by atoms with Crippen LogP contribution in [0.3, 0.4) is 0 Å². The quantitative estimate of drug-likeness (QED) is 0.775. The first kappa shape index (κ1) is 13.5. The van der Waals surface area contributed by atoms with Crippen molar-refractivity contribution >= 4 is 10.0 Å². The highest BCUT2D eigenvalue weighted by atomic mass is 32.2. The van der Waals surface area contributed by atoms with E-state index < -0.39 is 10.0 Å². The van der Waals surface area contributed by atoms with Gasteiger partial charge in [0.2, 0.25) is 0 Å². The lowest BCUT2D eigenvalue weighted by Gasteiger charge is -2.14. The van der Waals surface area contributed by atoms with Crippen LogP contribution < -0.4 is 10.5 Å². The summed E-state index contributed by atoms with van der Waals surface area (Å²) >= 11 is 0. The highest BCUT2D eigenvalue weighted by Gasteiger charge is 2.34. The van der Waals surface area contributed by atoms with Gasteiger partial charge in [0.1, 0.15) is 5.82 Å². The van der Waals surface area contributed by atoms with Crippen molar-refractivity contribution in [2.75, 3.05) is 6.54 Å². The zero-order chi connectivity index (χ0) is 13.3. The van der Waals surface area contributed by atoms with Crippen LogP contribution in [-0.4, -0.2) is 30.6 Å². The van der Waals surface area contributed by atoms with Crippen molar-refractivity contribution in [3.63, 3.8) is 0 Å². The van der Waals surface area contributed by atoms with Crippen LogP contribution >= 0.6 is 0 Å². The second kappa shape index (κ2) is 4.99. The van der Waals surface area contributed by atoms with Crippen LogP contribution in [0.25, 0.3) is 0 Å². The number of hydrogen-bond acceptors (Lipinski definition) is 4. The van der Waals surface area contributed by atoms with E-state index in [-0.39, 0.29) is 11.1 Å². The number of aryl methyl sites for hydroxylation is 2. The molecule has 0 aromatic carbocycles. The summed E-state index contributed by atoms with van der Waals surface area (Å²) in [5.74, 6) is 1.09. The van der Waals surface area contributed by atoms with Gasteiger partial charge in [-0.25, -0.2) is 18.1 Å². The molecule has 0 saturated heterocycles. The molecule has 2 rings (SSSR count). The predicted octanol–water partition coefficient (Wildman–Crippen LogP) is 0.227. The molecule has 0 amide bonds. The fourth-order valence-corrected chi connectivity index (χ4v) is 3.35. The minimum Gasteiger partial charge on any atom is -0.334 e. The van der Waals surface area contributed by atoms with Crippen LogP contribution in [0.2, 0.25) is 0 Å². The Balaban J connectivity index is 2.18. The van der Waals surface area contributed by atoms with Gasteiger partial charge >= 0.3 is 0 Å². The number of nitrogens with zero attached hydrogens (tertiary/aromatic N) is 2. The molecular weight excluding hydrogens is 252 g/mol. The zero-order valence-corrected chi connectivity index (χ0v) is 11.6. The number of nitrogens with two attached hydrogens (primary N) is 1. The Hall–Kier alpha value is -0.920. The van der Waals surface area contributed by atoms with E-state index in [1.54, 1.807) is 13.1 Å². The van der Waals surface area contributed by atoms with Gasteiger partial charge in [-0.2, -0.15) is 0 Å². The number of sulfonamides is 1. The van der Waals surface area contributed by atoms with Crippen molar-refractivity contribution in [2.24, 2.45) is 11.7 Å². The third-order valence-electron chi connectivity index (χ3n) is 3.32. The average molecular weight is 272 g/mol. The van der Waals surface area contributed by atoms with Gasteiger partial charge in [-0.1, -0.05) is 0 Å². The second-order valence-electron chi connectivity index (χ2n) is 4.71. The number of hydrogen-bond donors (Lipinski definition) is 2. The first-order valence-electron chi connectivity index (χ1n) is 6.24. The third-order valence-corrected chi connectivity index (χ3v) is 4.68. The molecule has 1 unspecified atom stereocenters. The van der Waals surface area contributed by atoms with E-state index >= 15 is 0 Å². The fraction of sp³-hybridized carbons (Fsp3) is 0.727. The van der Waals surface area contributed by atoms with Crippen molar-refractivity contribution in [3.8, 4) is 0 Å². The van der Waals surface area contributed by atoms with Crippen LogP contribution in [0.5, 0.6) is 0 Å². The molecule has 1 heterocycles. The number of rotatable bonds is 6. The SMILES string of the molecule is CCn1cc(S(=O)(=O)NC(CN)C2CC2)nc1C. The van der Waals surface area contributed by atoms with Gasteiger partial charge in [0, 0.05) is 25.3 Å². The van der Waals surface area contributed by atoms with E-state index in [1.807, 2.05) is 11.5 Å². The zero-order valence-electron chi connectivity index (χ0n) is 10.8. The number of aromatic nitrogens is 2. The predicted molar refractivity (Wildman–Crippen MR) is 68.5 cm³/mol. The Morgan fingerprint density at radius 3 is 2.72 bits per heavy atom. The molecule has 0 spiro atoms. The topological polar surface area (TPSA) is 90.0 Å². The van der Waals surface area contributed by atoms with E-state index in [0.29, 0.717) is 24.8 Å². The van der Waals surface area contributed by atoms with Gasteiger partial charge in [-0.3, -0.25) is 0 Å². The summed E-state index contributed by atoms with van der Waals surface area (Å²) in [7, 11) is -3.55. The van der Waals surface area contributed by atoms with Gasteiger partial charge in [0.05, 0.1) is 0 Å².